The molecule has 7 heteroatoms. The van der Waals surface area contributed by atoms with Crippen molar-refractivity contribution in [3.05, 3.63) is 44.5 Å². The van der Waals surface area contributed by atoms with Crippen LogP contribution in [0.3, 0.4) is 0 Å². The van der Waals surface area contributed by atoms with Gasteiger partial charge in [0.25, 0.3) is 0 Å². The third-order valence-corrected chi connectivity index (χ3v) is 15.8. The Hall–Kier alpha value is -2.17. The Bertz CT molecular complexity index is 2140. The molecule has 2 aromatic rings. The van der Waals surface area contributed by atoms with Gasteiger partial charge in [-0.2, -0.15) is 0 Å². The maximum absolute atomic E-state index is 14.6. The van der Waals surface area contributed by atoms with Crippen molar-refractivity contribution in [1.82, 2.24) is 0 Å². The number of hydrogen-bond acceptors (Lipinski definition) is 5. The zero-order valence-corrected chi connectivity index (χ0v) is 43.9. The van der Waals surface area contributed by atoms with E-state index in [-0.39, 0.29) is 46.6 Å². The van der Waals surface area contributed by atoms with E-state index in [4.69, 9.17) is 35.0 Å². The van der Waals surface area contributed by atoms with Crippen LogP contribution in [0.4, 0.5) is 0 Å². The maximum Gasteiger partial charge on any atom is 0.584 e. The smallest absolute Gasteiger partial charge is 0.487 e. The van der Waals surface area contributed by atoms with Crippen molar-refractivity contribution in [2.45, 2.75) is 263 Å². The van der Waals surface area contributed by atoms with Gasteiger partial charge in [0.15, 0.2) is 0 Å². The molecular formula is C58H99O6P. The molecule has 0 saturated carbocycles. The van der Waals surface area contributed by atoms with Gasteiger partial charge in [-0.3, -0.25) is 4.89 Å². The van der Waals surface area contributed by atoms with Crippen LogP contribution in [-0.4, -0.2) is 16.1 Å². The molecular weight excluding hydrogens is 824 g/mol. The zero-order valence-electron chi connectivity index (χ0n) is 55.0. The molecule has 4 rings (SSSR count). The summed E-state index contributed by atoms with van der Waals surface area (Å²) >= 11 is 0. The van der Waals surface area contributed by atoms with Gasteiger partial charge in [-0.15, -0.1) is 0 Å². The van der Waals surface area contributed by atoms with Crippen molar-refractivity contribution in [3.63, 3.8) is 0 Å². The van der Waals surface area contributed by atoms with E-state index >= 15 is 0 Å². The van der Waals surface area contributed by atoms with E-state index in [1.807, 2.05) is 13.8 Å². The van der Waals surface area contributed by atoms with Crippen LogP contribution in [0.5, 0.6) is 23.0 Å². The highest BCUT2D eigenvalue weighted by Crippen LogP contribution is 2.54. The van der Waals surface area contributed by atoms with Gasteiger partial charge in [0, 0.05) is 27.6 Å². The molecule has 65 heavy (non-hydrogen) atoms. The van der Waals surface area contributed by atoms with Gasteiger partial charge < -0.3 is 18.5 Å². The molecule has 0 saturated heterocycles. The molecule has 0 spiro atoms. The number of ether oxygens (including phenoxy) is 2. The topological polar surface area (TPSA) is 74.2 Å². The Balaban J connectivity index is 1.62. The lowest BCUT2D eigenvalue weighted by molar-refractivity contribution is 0.0509. The first-order chi connectivity index (χ1) is 35.3. The first-order valence-corrected chi connectivity index (χ1v) is 27.3. The van der Waals surface area contributed by atoms with E-state index in [9.17, 15) is 9.46 Å². The molecule has 2 aromatic carbocycles. The van der Waals surface area contributed by atoms with Gasteiger partial charge in [0.05, 0.1) is 0 Å². The Morgan fingerprint density at radius 1 is 0.523 bits per heavy atom. The van der Waals surface area contributed by atoms with Crippen LogP contribution in [0.1, 0.15) is 259 Å². The van der Waals surface area contributed by atoms with Crippen LogP contribution in [-0.2, 0) is 17.4 Å². The van der Waals surface area contributed by atoms with Gasteiger partial charge >= 0.3 is 7.82 Å². The third-order valence-electron chi connectivity index (χ3n) is 15.0. The molecule has 2 aliphatic rings. The predicted octanol–water partition coefficient (Wildman–Crippen LogP) is 18.1. The first-order valence-electron chi connectivity index (χ1n) is 31.8. The Morgan fingerprint density at radius 2 is 0.831 bits per heavy atom. The number of phosphoric ester groups is 1. The number of phosphoric acid groups is 1. The van der Waals surface area contributed by atoms with E-state index in [1.165, 1.54) is 65.2 Å². The average molecular weight is 935 g/mol. The summed E-state index contributed by atoms with van der Waals surface area (Å²) in [6.07, 6.45) is 20.3. The zero-order chi connectivity index (χ0) is 58.3. The highest BCUT2D eigenvalue weighted by atomic mass is 31.2. The second-order valence-electron chi connectivity index (χ2n) is 22.5. The molecule has 0 bridgehead atoms. The number of benzene rings is 2. The summed E-state index contributed by atoms with van der Waals surface area (Å²) in [4.78, 5) is 11.8. The normalized spacial score (nSPS) is 24.7. The molecule has 0 radical (unpaired) electrons. The summed E-state index contributed by atoms with van der Waals surface area (Å²) in [5.41, 5.74) is -4.02. The standard InChI is InChI=1S/C58H99O6P/c1-39(2)23-17-25-41(5)27-19-29-43(7)31-21-35-57(15)37-33-51-49(13)53(45(9)47(11)55(51)61-57)63-65(59,60)64-54-46(10)48(12)56-52(50(54)14)34-38-58(16,62-56)36-22-32-44(8)30-20-28-42(6)26-18-24-40(3)4/h39-44H,17-38H2,1-16H3,(H,59,60)/t41-,42+,43-,44+,57-,58+/i9D3,10D3,13D3,14D3. The van der Waals surface area contributed by atoms with Crippen molar-refractivity contribution in [3.8, 4) is 23.0 Å². The lowest BCUT2D eigenvalue weighted by Gasteiger charge is -2.39. The summed E-state index contributed by atoms with van der Waals surface area (Å²) in [5.74, 6) is 2.07. The van der Waals surface area contributed by atoms with Crippen LogP contribution < -0.4 is 18.5 Å². The van der Waals surface area contributed by atoms with E-state index in [0.29, 0.717) is 49.4 Å². The summed E-state index contributed by atoms with van der Waals surface area (Å²) in [6.45, 7) is 12.5. The highest BCUT2D eigenvalue weighted by molar-refractivity contribution is 7.48. The van der Waals surface area contributed by atoms with Gasteiger partial charge in [0.2, 0.25) is 0 Å². The minimum atomic E-state index is -5.86. The molecule has 7 atom stereocenters. The molecule has 2 aliphatic heterocycles. The van der Waals surface area contributed by atoms with Crippen molar-refractivity contribution in [2.24, 2.45) is 35.5 Å². The monoisotopic (exact) mass is 935 g/mol. The maximum atomic E-state index is 14.6. The highest BCUT2D eigenvalue weighted by Gasteiger charge is 2.39. The molecule has 2 heterocycles. The predicted molar refractivity (Wildman–Crippen MR) is 277 cm³/mol. The van der Waals surface area contributed by atoms with Crippen LogP contribution in [0, 0.1) is 76.8 Å². The molecule has 372 valence electrons. The van der Waals surface area contributed by atoms with Crippen molar-refractivity contribution < 1.29 is 44.4 Å². The second-order valence-corrected chi connectivity index (χ2v) is 23.8. The molecule has 1 unspecified atom stereocenters. The number of hydrogen-bond donors (Lipinski definition) is 1. The lowest BCUT2D eigenvalue weighted by atomic mass is 9.84. The van der Waals surface area contributed by atoms with Crippen LogP contribution in [0.25, 0.3) is 0 Å². The summed E-state index contributed by atoms with van der Waals surface area (Å²) in [5, 5.41) is 0. The first kappa shape index (κ1) is 39.7. The Morgan fingerprint density at radius 3 is 1.14 bits per heavy atom. The van der Waals surface area contributed by atoms with Crippen LogP contribution in [0.15, 0.2) is 0 Å². The fourth-order valence-electron chi connectivity index (χ4n) is 10.3. The Kier molecular flexibility index (Phi) is 15.2. The molecule has 0 aliphatic carbocycles. The van der Waals surface area contributed by atoms with Crippen molar-refractivity contribution in [1.29, 1.82) is 0 Å². The minimum Gasteiger partial charge on any atom is -0.487 e. The van der Waals surface area contributed by atoms with Crippen molar-refractivity contribution >= 4 is 7.82 Å². The summed E-state index contributed by atoms with van der Waals surface area (Å²) in [6, 6.07) is 0. The van der Waals surface area contributed by atoms with E-state index in [2.05, 4.69) is 55.4 Å². The average Bonchev–Trinajstić information content (AvgIpc) is 3.24. The van der Waals surface area contributed by atoms with Gasteiger partial charge in [0.1, 0.15) is 34.2 Å². The number of fused-ring (bicyclic) bond motifs is 2. The number of rotatable bonds is 28. The van der Waals surface area contributed by atoms with E-state index < -0.39 is 80.2 Å². The molecule has 0 amide bonds. The van der Waals surface area contributed by atoms with Crippen molar-refractivity contribution in [2.75, 3.05) is 0 Å². The second kappa shape index (κ2) is 24.9. The largest absolute Gasteiger partial charge is 0.584 e. The summed E-state index contributed by atoms with van der Waals surface area (Å²) < 4.78 is 143. The third kappa shape index (κ3) is 16.5. The van der Waals surface area contributed by atoms with Gasteiger partial charge in [-0.05, 0) is 175 Å². The molecule has 1 N–H and O–H groups in total. The fraction of sp³-hybridized carbons (Fsp3) is 0.793. The molecule has 0 aromatic heterocycles. The SMILES string of the molecule is [2H]C([2H])([2H])c1c(C)c2c(c(C([2H])([2H])[2H])c1OP(=O)(O)Oc1c(C([2H])([2H])[2H])c(C)c3c(c1C([2H])([2H])[2H])CC[C@@](C)(CCC[C@H](C)CCC[C@H](C)CCCC(C)C)O3)CC[C@](C)(CCC[C@@H](C)CCC[C@@H](C)CCCC(C)C)O2. The summed E-state index contributed by atoms with van der Waals surface area (Å²) in [7, 11) is -5.86. The van der Waals surface area contributed by atoms with E-state index in [1.54, 1.807) is 0 Å². The fourth-order valence-corrected chi connectivity index (χ4v) is 11.2. The lowest BCUT2D eigenvalue weighted by Crippen LogP contribution is -2.37. The van der Waals surface area contributed by atoms with Crippen LogP contribution in [0.2, 0.25) is 0 Å². The van der Waals surface area contributed by atoms with E-state index in [0.717, 1.165) is 63.2 Å². The van der Waals surface area contributed by atoms with Crippen LogP contribution >= 0.6 is 7.82 Å². The molecule has 6 nitrogen and oxygen atoms in total. The quantitative estimate of drug-likeness (QED) is 0.0857. The minimum absolute atomic E-state index is 0.00650. The Labute approximate surface area is 417 Å². The van der Waals surface area contributed by atoms with Gasteiger partial charge in [-0.25, -0.2) is 4.57 Å². The van der Waals surface area contributed by atoms with Gasteiger partial charge in [-0.1, -0.05) is 145 Å². The molecule has 0 fully saturated rings.